The van der Waals surface area contributed by atoms with Crippen molar-refractivity contribution in [2.24, 2.45) is 0 Å². The summed E-state index contributed by atoms with van der Waals surface area (Å²) in [5, 5.41) is 89.8. The van der Waals surface area contributed by atoms with Crippen LogP contribution in [-0.2, 0) is 9.53 Å². The highest BCUT2D eigenvalue weighted by atomic mass is 16.6. The van der Waals surface area contributed by atoms with E-state index in [4.69, 9.17) is 4.74 Å². The Labute approximate surface area is 181 Å². The Morgan fingerprint density at radius 3 is 2.38 bits per heavy atom. The molecule has 0 saturated carbocycles. The van der Waals surface area contributed by atoms with Crippen LogP contribution in [0.25, 0.3) is 6.08 Å². The summed E-state index contributed by atoms with van der Waals surface area (Å²) in [5.74, 6) is -2.45. The maximum absolute atomic E-state index is 12.7. The molecule has 2 aliphatic rings. The fraction of sp³-hybridized carbons (Fsp3) is 0.381. The Morgan fingerprint density at radius 2 is 1.75 bits per heavy atom. The highest BCUT2D eigenvalue weighted by molar-refractivity contribution is 6.04. The van der Waals surface area contributed by atoms with Gasteiger partial charge in [-0.05, 0) is 35.9 Å². The van der Waals surface area contributed by atoms with E-state index in [1.807, 2.05) is 0 Å². The molecular weight excluding hydrogens is 428 g/mol. The van der Waals surface area contributed by atoms with Crippen molar-refractivity contribution in [3.63, 3.8) is 0 Å². The number of rotatable bonds is 4. The average Bonchev–Trinajstić information content (AvgIpc) is 2.76. The molecule has 1 saturated heterocycles. The second-order valence-electron chi connectivity index (χ2n) is 7.62. The summed E-state index contributed by atoms with van der Waals surface area (Å²) >= 11 is 0. The van der Waals surface area contributed by atoms with E-state index in [-0.39, 0.29) is 11.3 Å². The van der Waals surface area contributed by atoms with Crippen LogP contribution in [0.1, 0.15) is 5.56 Å². The van der Waals surface area contributed by atoms with Crippen molar-refractivity contribution in [3.8, 4) is 11.5 Å². The molecule has 11 nitrogen and oxygen atoms in total. The standard InChI is InChI=1S/C21H24O11/c22-8-14-16(27)17(28)18(29)20(32-14)21(31)6-5-10(15(26)19(21)30)11(23)3-1-9-2-4-12(24)13(25)7-9/h1-7,14,16-20,22-25,27-31H,8H2/b3-1?,11-10-/t14-,16-,17+,18-,19?,20?,21?/m1/s1. The van der Waals surface area contributed by atoms with E-state index in [1.54, 1.807) is 0 Å². The Morgan fingerprint density at radius 1 is 1.06 bits per heavy atom. The van der Waals surface area contributed by atoms with Gasteiger partial charge >= 0.3 is 0 Å². The van der Waals surface area contributed by atoms with Crippen molar-refractivity contribution in [2.75, 3.05) is 6.61 Å². The van der Waals surface area contributed by atoms with Crippen LogP contribution in [0.5, 0.6) is 11.5 Å². The van der Waals surface area contributed by atoms with Crippen molar-refractivity contribution < 1.29 is 55.5 Å². The summed E-state index contributed by atoms with van der Waals surface area (Å²) < 4.78 is 5.25. The van der Waals surface area contributed by atoms with Crippen LogP contribution >= 0.6 is 0 Å². The number of carbonyl (C=O) groups is 1. The third-order valence-electron chi connectivity index (χ3n) is 5.53. The van der Waals surface area contributed by atoms with E-state index in [9.17, 15) is 50.8 Å². The number of aliphatic hydroxyl groups excluding tert-OH is 6. The molecule has 1 aromatic carbocycles. The Balaban J connectivity index is 1.90. The van der Waals surface area contributed by atoms with Gasteiger partial charge in [-0.25, -0.2) is 0 Å². The van der Waals surface area contributed by atoms with Gasteiger partial charge in [-0.1, -0.05) is 12.1 Å². The lowest BCUT2D eigenvalue weighted by Crippen LogP contribution is -2.69. The van der Waals surface area contributed by atoms with Crippen LogP contribution in [-0.4, -0.2) is 101 Å². The number of aliphatic hydroxyl groups is 7. The van der Waals surface area contributed by atoms with E-state index in [0.717, 1.165) is 18.2 Å². The fourth-order valence-corrected chi connectivity index (χ4v) is 3.60. The van der Waals surface area contributed by atoms with Crippen molar-refractivity contribution in [3.05, 3.63) is 53.3 Å². The molecule has 1 fully saturated rings. The molecule has 11 heteroatoms. The van der Waals surface area contributed by atoms with Crippen molar-refractivity contribution >= 4 is 11.9 Å². The van der Waals surface area contributed by atoms with Crippen LogP contribution in [0.2, 0.25) is 0 Å². The van der Waals surface area contributed by atoms with E-state index in [1.165, 1.54) is 24.3 Å². The molecule has 0 spiro atoms. The average molecular weight is 452 g/mol. The molecule has 0 aromatic heterocycles. The first kappa shape index (κ1) is 23.9. The molecular formula is C21H24O11. The molecule has 0 amide bonds. The van der Waals surface area contributed by atoms with E-state index in [2.05, 4.69) is 0 Å². The number of phenols is 2. The van der Waals surface area contributed by atoms with Gasteiger partial charge in [0.15, 0.2) is 23.4 Å². The molecule has 1 aliphatic carbocycles. The highest BCUT2D eigenvalue weighted by Crippen LogP contribution is 2.36. The Kier molecular flexibility index (Phi) is 6.72. The first-order chi connectivity index (χ1) is 15.0. The van der Waals surface area contributed by atoms with Gasteiger partial charge in [-0.15, -0.1) is 0 Å². The normalized spacial score (nSPS) is 37.1. The zero-order valence-corrected chi connectivity index (χ0v) is 16.6. The van der Waals surface area contributed by atoms with Crippen LogP contribution in [0.15, 0.2) is 47.8 Å². The van der Waals surface area contributed by atoms with Gasteiger partial charge in [0.1, 0.15) is 41.9 Å². The summed E-state index contributed by atoms with van der Waals surface area (Å²) in [7, 11) is 0. The Hall–Kier alpha value is -2.77. The third kappa shape index (κ3) is 4.14. The van der Waals surface area contributed by atoms with Gasteiger partial charge in [0.2, 0.25) is 0 Å². The predicted molar refractivity (Wildman–Crippen MR) is 107 cm³/mol. The summed E-state index contributed by atoms with van der Waals surface area (Å²) in [6, 6.07) is 3.85. The highest BCUT2D eigenvalue weighted by Gasteiger charge is 2.57. The third-order valence-corrected chi connectivity index (χ3v) is 5.53. The maximum atomic E-state index is 12.7. The van der Waals surface area contributed by atoms with Gasteiger partial charge in [0.05, 0.1) is 12.2 Å². The van der Waals surface area contributed by atoms with Crippen molar-refractivity contribution in [1.29, 1.82) is 0 Å². The molecule has 32 heavy (non-hydrogen) atoms. The van der Waals surface area contributed by atoms with Crippen molar-refractivity contribution in [2.45, 2.75) is 42.2 Å². The number of hydrogen-bond acceptors (Lipinski definition) is 11. The van der Waals surface area contributed by atoms with Crippen molar-refractivity contribution in [1.82, 2.24) is 0 Å². The maximum Gasteiger partial charge on any atom is 0.198 e. The zero-order chi connectivity index (χ0) is 23.8. The molecule has 1 aromatic rings. The number of aromatic hydroxyl groups is 2. The van der Waals surface area contributed by atoms with Crippen LogP contribution < -0.4 is 0 Å². The van der Waals surface area contributed by atoms with Gasteiger partial charge in [-0.3, -0.25) is 4.79 Å². The summed E-state index contributed by atoms with van der Waals surface area (Å²) in [6.07, 6.45) is -6.52. The molecule has 9 N–H and O–H groups in total. The predicted octanol–water partition coefficient (Wildman–Crippen LogP) is -2.00. The summed E-state index contributed by atoms with van der Waals surface area (Å²) in [5.41, 5.74) is -2.55. The molecule has 0 radical (unpaired) electrons. The van der Waals surface area contributed by atoms with Crippen LogP contribution in [0.3, 0.4) is 0 Å². The molecule has 174 valence electrons. The van der Waals surface area contributed by atoms with Gasteiger partial charge < -0.3 is 50.7 Å². The van der Waals surface area contributed by atoms with Crippen LogP contribution in [0.4, 0.5) is 0 Å². The fourth-order valence-electron chi connectivity index (χ4n) is 3.60. The number of hydrogen-bond donors (Lipinski definition) is 9. The SMILES string of the molecule is O=C1/C(=C(\O)C=Cc2ccc(O)c(O)c2)C=CC(O)(C2O[C@H](CO)[C@@H](O)[C@H](O)[C@H]2O)C1O. The molecule has 1 heterocycles. The van der Waals surface area contributed by atoms with E-state index < -0.39 is 66.1 Å². The quantitative estimate of drug-likeness (QED) is 0.139. The van der Waals surface area contributed by atoms with Gasteiger partial charge in [0.25, 0.3) is 0 Å². The van der Waals surface area contributed by atoms with E-state index >= 15 is 0 Å². The lowest BCUT2D eigenvalue weighted by molar-refractivity contribution is -0.272. The molecule has 7 atom stereocenters. The largest absolute Gasteiger partial charge is 0.507 e. The molecule has 0 bridgehead atoms. The second kappa shape index (κ2) is 9.00. The minimum Gasteiger partial charge on any atom is -0.507 e. The molecule has 3 rings (SSSR count). The lowest BCUT2D eigenvalue weighted by atomic mass is 9.75. The topological polar surface area (TPSA) is 208 Å². The molecule has 3 unspecified atom stereocenters. The minimum atomic E-state index is -2.54. The Bertz CT molecular complexity index is 966. The van der Waals surface area contributed by atoms with E-state index in [0.29, 0.717) is 5.56 Å². The number of allylic oxidation sites excluding steroid dienone is 2. The smallest absolute Gasteiger partial charge is 0.198 e. The lowest BCUT2D eigenvalue weighted by Gasteiger charge is -2.47. The second-order valence-corrected chi connectivity index (χ2v) is 7.62. The van der Waals surface area contributed by atoms with Gasteiger partial charge in [0, 0.05) is 0 Å². The number of carbonyl (C=O) groups excluding carboxylic acids is 1. The zero-order valence-electron chi connectivity index (χ0n) is 16.6. The number of Topliss-reactive ketones (excluding diaryl/α,β-unsaturated/α-hetero) is 1. The number of ketones is 1. The van der Waals surface area contributed by atoms with Gasteiger partial charge in [-0.2, -0.15) is 0 Å². The monoisotopic (exact) mass is 452 g/mol. The molecule has 1 aliphatic heterocycles. The summed E-state index contributed by atoms with van der Waals surface area (Å²) in [4.78, 5) is 12.7. The number of phenolic OH excluding ortho intramolecular Hbond substituents is 2. The number of ether oxygens (including phenoxy) is 1. The first-order valence-corrected chi connectivity index (χ1v) is 9.59. The summed E-state index contributed by atoms with van der Waals surface area (Å²) in [6.45, 7) is -0.769. The van der Waals surface area contributed by atoms with Crippen LogP contribution in [0, 0.1) is 0 Å². The first-order valence-electron chi connectivity index (χ1n) is 9.59. The number of benzene rings is 1. The minimum absolute atomic E-state index is 0.342.